The first-order valence-corrected chi connectivity index (χ1v) is 10.3. The van der Waals surface area contributed by atoms with E-state index in [-0.39, 0.29) is 18.7 Å². The van der Waals surface area contributed by atoms with E-state index in [1.54, 1.807) is 12.2 Å². The Hall–Kier alpha value is -3.94. The molecule has 0 aromatic heterocycles. The third-order valence-corrected chi connectivity index (χ3v) is 5.05. The molecule has 1 aliphatic heterocycles. The second-order valence-electron chi connectivity index (χ2n) is 7.52. The molecule has 1 heterocycles. The molecule has 3 rings (SSSR count). The van der Waals surface area contributed by atoms with Crippen LogP contribution in [0.15, 0.2) is 66.7 Å². The van der Waals surface area contributed by atoms with Crippen LogP contribution in [0.2, 0.25) is 0 Å². The zero-order valence-electron chi connectivity index (χ0n) is 17.4. The molecule has 8 heteroatoms. The molecule has 166 valence electrons. The first kappa shape index (κ1) is 22.7. The lowest BCUT2D eigenvalue weighted by atomic mass is 10.0. The Morgan fingerprint density at radius 1 is 0.938 bits per heavy atom. The molecule has 0 saturated carbocycles. The van der Waals surface area contributed by atoms with Crippen LogP contribution in [0.5, 0.6) is 0 Å². The Balaban J connectivity index is 1.51. The topological polar surface area (TPSA) is 125 Å². The Labute approximate surface area is 185 Å². The van der Waals surface area contributed by atoms with Crippen LogP contribution < -0.4 is 16.0 Å². The van der Waals surface area contributed by atoms with Crippen molar-refractivity contribution in [3.05, 3.63) is 77.9 Å². The number of aliphatic carboxylic acids is 1. The summed E-state index contributed by atoms with van der Waals surface area (Å²) >= 11 is 0. The van der Waals surface area contributed by atoms with Gasteiger partial charge in [0.15, 0.2) is 0 Å². The van der Waals surface area contributed by atoms with E-state index in [1.807, 2.05) is 60.7 Å². The van der Waals surface area contributed by atoms with Crippen molar-refractivity contribution >= 4 is 29.8 Å². The van der Waals surface area contributed by atoms with Crippen molar-refractivity contribution < 1.29 is 24.3 Å². The third kappa shape index (κ3) is 6.53. The normalized spacial score (nSPS) is 19.1. The molecule has 4 N–H and O–H groups in total. The maximum absolute atomic E-state index is 12.4. The van der Waals surface area contributed by atoms with Crippen LogP contribution in [-0.2, 0) is 25.6 Å². The molecular weight excluding hydrogens is 410 g/mol. The molecule has 1 aliphatic rings. The lowest BCUT2D eigenvalue weighted by Gasteiger charge is -2.29. The number of benzene rings is 2. The van der Waals surface area contributed by atoms with Crippen molar-refractivity contribution in [1.29, 1.82) is 0 Å². The molecule has 1 fully saturated rings. The molecule has 2 aromatic carbocycles. The van der Waals surface area contributed by atoms with Gasteiger partial charge >= 0.3 is 5.97 Å². The Morgan fingerprint density at radius 2 is 1.53 bits per heavy atom. The Bertz CT molecular complexity index is 991. The summed E-state index contributed by atoms with van der Waals surface area (Å²) in [5.41, 5.74) is 1.81. The summed E-state index contributed by atoms with van der Waals surface area (Å²) in [6, 6.07) is 15.7. The molecule has 0 bridgehead atoms. The van der Waals surface area contributed by atoms with Gasteiger partial charge in [0, 0.05) is 6.42 Å². The van der Waals surface area contributed by atoms with Gasteiger partial charge in [0.25, 0.3) is 0 Å². The predicted octanol–water partition coefficient (Wildman–Crippen LogP) is 1.28. The highest BCUT2D eigenvalue weighted by Gasteiger charge is 2.35. The van der Waals surface area contributed by atoms with Crippen LogP contribution in [0, 0.1) is 0 Å². The van der Waals surface area contributed by atoms with Crippen molar-refractivity contribution in [3.8, 4) is 0 Å². The average molecular weight is 435 g/mol. The fraction of sp³-hybridized carbons (Fsp3) is 0.250. The number of nitrogens with one attached hydrogen (secondary N) is 3. The molecular formula is C24H25N3O5. The van der Waals surface area contributed by atoms with Gasteiger partial charge in [0.05, 0.1) is 6.42 Å². The second kappa shape index (κ2) is 10.9. The van der Waals surface area contributed by atoms with Gasteiger partial charge in [-0.15, -0.1) is 0 Å². The van der Waals surface area contributed by atoms with Gasteiger partial charge in [-0.2, -0.15) is 0 Å². The SMILES string of the molecule is O=C(C[C@@H]1NC(=O)[C@H](Cc2ccccc2)NC1=O)N[C@H](C/C=C/c1ccccc1)C(=O)O. The minimum atomic E-state index is -1.18. The fourth-order valence-electron chi connectivity index (χ4n) is 3.38. The van der Waals surface area contributed by atoms with Gasteiger partial charge in [-0.1, -0.05) is 72.8 Å². The minimum Gasteiger partial charge on any atom is -0.480 e. The van der Waals surface area contributed by atoms with E-state index in [2.05, 4.69) is 16.0 Å². The Morgan fingerprint density at radius 3 is 2.19 bits per heavy atom. The Kier molecular flexibility index (Phi) is 7.75. The van der Waals surface area contributed by atoms with Gasteiger partial charge in [0.1, 0.15) is 18.1 Å². The number of hydrogen-bond acceptors (Lipinski definition) is 4. The van der Waals surface area contributed by atoms with Crippen molar-refractivity contribution in [1.82, 2.24) is 16.0 Å². The van der Waals surface area contributed by atoms with E-state index in [4.69, 9.17) is 0 Å². The standard InChI is InChI=1S/C24H25N3O5/c28-21(25-18(24(31)32)13-7-12-16-8-3-1-4-9-16)15-20-23(30)26-19(22(29)27-20)14-17-10-5-2-6-11-17/h1-12,18-20H,13-15H2,(H,25,28)(H,26,30)(H,27,29)(H,31,32)/b12-7+/t18-,19+,20+/m1/s1. The monoisotopic (exact) mass is 435 g/mol. The van der Waals surface area contributed by atoms with Crippen molar-refractivity contribution in [2.45, 2.75) is 37.4 Å². The lowest BCUT2D eigenvalue weighted by Crippen LogP contribution is -2.63. The molecule has 0 aliphatic carbocycles. The number of carboxylic acids is 1. The van der Waals surface area contributed by atoms with Gasteiger partial charge in [-0.25, -0.2) is 4.79 Å². The van der Waals surface area contributed by atoms with E-state index in [0.717, 1.165) is 11.1 Å². The first-order valence-electron chi connectivity index (χ1n) is 10.3. The summed E-state index contributed by atoms with van der Waals surface area (Å²) in [6.45, 7) is 0. The smallest absolute Gasteiger partial charge is 0.326 e. The molecule has 32 heavy (non-hydrogen) atoms. The molecule has 3 atom stereocenters. The molecule has 0 unspecified atom stereocenters. The summed E-state index contributed by atoms with van der Waals surface area (Å²) in [5, 5.41) is 17.0. The zero-order chi connectivity index (χ0) is 22.9. The van der Waals surface area contributed by atoms with Crippen LogP contribution in [-0.4, -0.2) is 46.9 Å². The van der Waals surface area contributed by atoms with Crippen LogP contribution in [0.25, 0.3) is 6.08 Å². The quantitative estimate of drug-likeness (QED) is 0.472. The molecule has 1 saturated heterocycles. The average Bonchev–Trinajstić information content (AvgIpc) is 2.78. The van der Waals surface area contributed by atoms with Crippen LogP contribution >= 0.6 is 0 Å². The predicted molar refractivity (Wildman–Crippen MR) is 118 cm³/mol. The van der Waals surface area contributed by atoms with Crippen LogP contribution in [0.1, 0.15) is 24.0 Å². The number of carboxylic acid groups (broad SMARTS) is 1. The zero-order valence-corrected chi connectivity index (χ0v) is 17.4. The summed E-state index contributed by atoms with van der Waals surface area (Å²) < 4.78 is 0. The van der Waals surface area contributed by atoms with Crippen molar-refractivity contribution in [2.24, 2.45) is 0 Å². The summed E-state index contributed by atoms with van der Waals surface area (Å²) in [6.07, 6.45) is 3.51. The van der Waals surface area contributed by atoms with E-state index in [1.165, 1.54) is 0 Å². The largest absolute Gasteiger partial charge is 0.480 e. The number of piperazine rings is 1. The van der Waals surface area contributed by atoms with Gasteiger partial charge in [-0.05, 0) is 17.5 Å². The highest BCUT2D eigenvalue weighted by Crippen LogP contribution is 2.09. The number of carbonyl (C=O) groups excluding carboxylic acids is 3. The highest BCUT2D eigenvalue weighted by molar-refractivity contribution is 5.99. The van der Waals surface area contributed by atoms with Gasteiger partial charge in [0.2, 0.25) is 17.7 Å². The van der Waals surface area contributed by atoms with Gasteiger partial charge < -0.3 is 21.1 Å². The van der Waals surface area contributed by atoms with E-state index >= 15 is 0 Å². The molecule has 2 aromatic rings. The van der Waals surface area contributed by atoms with E-state index in [0.29, 0.717) is 6.42 Å². The maximum atomic E-state index is 12.4. The molecule has 8 nitrogen and oxygen atoms in total. The first-order chi connectivity index (χ1) is 15.4. The third-order valence-electron chi connectivity index (χ3n) is 5.05. The highest BCUT2D eigenvalue weighted by atomic mass is 16.4. The molecule has 0 spiro atoms. The number of carbonyl (C=O) groups is 4. The second-order valence-corrected chi connectivity index (χ2v) is 7.52. The van der Waals surface area contributed by atoms with Crippen LogP contribution in [0.4, 0.5) is 0 Å². The van der Waals surface area contributed by atoms with Gasteiger partial charge in [-0.3, -0.25) is 14.4 Å². The number of amides is 3. The molecule has 0 radical (unpaired) electrons. The van der Waals surface area contributed by atoms with E-state index in [9.17, 15) is 24.3 Å². The van der Waals surface area contributed by atoms with Crippen molar-refractivity contribution in [3.63, 3.8) is 0 Å². The summed E-state index contributed by atoms with van der Waals surface area (Å²) in [4.78, 5) is 48.6. The fourth-order valence-corrected chi connectivity index (χ4v) is 3.38. The number of rotatable bonds is 9. The maximum Gasteiger partial charge on any atom is 0.326 e. The lowest BCUT2D eigenvalue weighted by molar-refractivity contribution is -0.142. The minimum absolute atomic E-state index is 0.0817. The molecule has 3 amide bonds. The number of hydrogen-bond donors (Lipinski definition) is 4. The summed E-state index contributed by atoms with van der Waals surface area (Å²) in [7, 11) is 0. The van der Waals surface area contributed by atoms with Crippen molar-refractivity contribution in [2.75, 3.05) is 0 Å². The summed E-state index contributed by atoms with van der Waals surface area (Å²) in [5.74, 6) is -2.67. The van der Waals surface area contributed by atoms with E-state index < -0.39 is 35.9 Å². The van der Waals surface area contributed by atoms with Crippen LogP contribution in [0.3, 0.4) is 0 Å².